The van der Waals surface area contributed by atoms with E-state index < -0.39 is 82.7 Å². The Morgan fingerprint density at radius 1 is 0.965 bits per heavy atom. The lowest BCUT2D eigenvalue weighted by molar-refractivity contribution is -0.160. The highest BCUT2D eigenvalue weighted by Gasteiger charge is 2.49. The maximum Gasteiger partial charge on any atom is 0.312 e. The molecular weight excluding hydrogens is 734 g/mol. The summed E-state index contributed by atoms with van der Waals surface area (Å²) in [5, 5.41) is 37.3. The molecule has 0 spiro atoms. The highest BCUT2D eigenvalue weighted by atomic mass is 16.7. The van der Waals surface area contributed by atoms with E-state index in [2.05, 4.69) is 10.3 Å². The van der Waals surface area contributed by atoms with Gasteiger partial charge in [0.15, 0.2) is 11.2 Å². The van der Waals surface area contributed by atoms with Crippen molar-refractivity contribution in [2.45, 2.75) is 85.6 Å². The number of nitrogens with one attached hydrogen (secondary N) is 2. The van der Waals surface area contributed by atoms with E-state index in [1.165, 1.54) is 46.3 Å². The van der Waals surface area contributed by atoms with Crippen LogP contribution in [0.15, 0.2) is 65.2 Å². The normalized spacial score (nSPS) is 30.8. The predicted octanol–water partition coefficient (Wildman–Crippen LogP) is 5.73. The summed E-state index contributed by atoms with van der Waals surface area (Å²) in [6, 6.07) is 7.05. The van der Waals surface area contributed by atoms with Gasteiger partial charge in [-0.2, -0.15) is 0 Å². The Morgan fingerprint density at radius 3 is 2.35 bits per heavy atom. The second-order valence-electron chi connectivity index (χ2n) is 15.3. The quantitative estimate of drug-likeness (QED) is 0.0715. The zero-order chi connectivity index (χ0) is 41.7. The van der Waals surface area contributed by atoms with E-state index >= 15 is 0 Å². The number of rotatable bonds is 2. The molecule has 0 saturated carbocycles. The Kier molecular flexibility index (Phi) is 11.4. The molecule has 0 saturated heterocycles. The minimum Gasteiger partial charge on any atom is -0.505 e. The average Bonchev–Trinajstić information content (AvgIpc) is 3.45. The van der Waals surface area contributed by atoms with E-state index in [1.807, 2.05) is 0 Å². The molecule has 5 N–H and O–H groups in total. The van der Waals surface area contributed by atoms with Crippen molar-refractivity contribution in [3.05, 3.63) is 81.8 Å². The van der Waals surface area contributed by atoms with Crippen molar-refractivity contribution in [2.24, 2.45) is 23.7 Å². The number of aromatic nitrogens is 2. The summed E-state index contributed by atoms with van der Waals surface area (Å²) >= 11 is 0. The number of carbonyl (C=O) groups is 3. The fraction of sp³-hybridized carbons (Fsp3) is 0.419. The molecule has 3 aromatic carbocycles. The van der Waals surface area contributed by atoms with Gasteiger partial charge in [-0.15, -0.1) is 0 Å². The van der Waals surface area contributed by atoms with Gasteiger partial charge < -0.3 is 44.6 Å². The molecule has 6 rings (SSSR count). The lowest BCUT2D eigenvalue weighted by Crippen LogP contribution is -2.46. The lowest BCUT2D eigenvalue weighted by Gasteiger charge is -2.38. The van der Waals surface area contributed by atoms with Crippen molar-refractivity contribution in [1.29, 1.82) is 0 Å². The van der Waals surface area contributed by atoms with E-state index in [-0.39, 0.29) is 49.9 Å². The van der Waals surface area contributed by atoms with E-state index in [0.29, 0.717) is 11.0 Å². The number of Topliss-reactive ketones (excluding diaryl/α,β-unsaturated/α-hetero) is 1. The third kappa shape index (κ3) is 7.28. The predicted molar refractivity (Wildman–Crippen MR) is 214 cm³/mol. The Labute approximate surface area is 329 Å². The van der Waals surface area contributed by atoms with Crippen LogP contribution in [-0.4, -0.2) is 80.3 Å². The van der Waals surface area contributed by atoms with E-state index in [9.17, 15) is 34.5 Å². The first-order chi connectivity index (χ1) is 26.9. The van der Waals surface area contributed by atoms with Gasteiger partial charge in [-0.1, -0.05) is 58.1 Å². The standard InChI is InChI=1S/C43H49N3O11/c1-19-13-12-14-20(2)42(53)46-34-33-32(44-26-15-10-11-16-27(26)45-33)29-30(38(34)51)37(50)24(6)40-31(29)41(52)43(8,57-40)55-18-17-28(54-9)21(3)39(56-25(7)47)23(5)36(49)22(4)35(19)48/h10-19,21-23,28,35-36,39,45,48-49,51H,1-9H3,(H,46,53)/b13-12+,18-17+,20-14-/t19-,21+,22+,23+,28-,35-,36+,39+,43-/m0/s1. The van der Waals surface area contributed by atoms with Crippen LogP contribution in [0.25, 0.3) is 32.8 Å². The SMILES string of the molecule is CO[C@H]1/C=C/O[C@@]2(C)Oc3c(C)c(=O)c4c(O)c(c5[nH]c6ccccc6nc5c4c3C2=O)NC(=O)/C(C)=C\C=C\[C@H](C)[C@H](O)[C@@H](C)[C@@H](O)[C@@H](C)[C@H](OC(C)=O)[C@@H]1C. The average molecular weight is 784 g/mol. The van der Waals surface area contributed by atoms with Crippen LogP contribution in [0.2, 0.25) is 0 Å². The number of ketones is 1. The van der Waals surface area contributed by atoms with Gasteiger partial charge >= 0.3 is 11.8 Å². The molecule has 4 aromatic rings. The Hall–Kier alpha value is -5.57. The highest BCUT2D eigenvalue weighted by Crippen LogP contribution is 2.47. The van der Waals surface area contributed by atoms with Crippen LogP contribution >= 0.6 is 0 Å². The van der Waals surface area contributed by atoms with Gasteiger partial charge in [0, 0.05) is 61.2 Å². The third-order valence-electron chi connectivity index (χ3n) is 11.4. The van der Waals surface area contributed by atoms with Crippen LogP contribution in [0.4, 0.5) is 5.69 Å². The molecule has 0 aliphatic carbocycles. The monoisotopic (exact) mass is 783 g/mol. The van der Waals surface area contributed by atoms with E-state index in [1.54, 1.807) is 71.0 Å². The number of para-hydroxylation sites is 2. The molecule has 302 valence electrons. The molecule has 14 heteroatoms. The number of nitrogens with zero attached hydrogens (tertiary/aromatic N) is 1. The highest BCUT2D eigenvalue weighted by molar-refractivity contribution is 6.27. The number of carbonyl (C=O) groups excluding carboxylic acids is 3. The number of esters is 1. The van der Waals surface area contributed by atoms with Crippen LogP contribution < -0.4 is 15.5 Å². The number of fused-ring (bicyclic) bond motifs is 2. The first kappa shape index (κ1) is 41.1. The van der Waals surface area contributed by atoms with Crippen molar-refractivity contribution < 1.29 is 48.7 Å². The van der Waals surface area contributed by atoms with Gasteiger partial charge in [-0.05, 0) is 32.1 Å². The smallest absolute Gasteiger partial charge is 0.312 e. The zero-order valence-electron chi connectivity index (χ0n) is 33.4. The number of aliphatic hydroxyl groups is 2. The zero-order valence-corrected chi connectivity index (χ0v) is 33.4. The van der Waals surface area contributed by atoms with Crippen molar-refractivity contribution >= 4 is 56.2 Å². The molecule has 0 fully saturated rings. The van der Waals surface area contributed by atoms with Crippen molar-refractivity contribution in [3.8, 4) is 11.5 Å². The van der Waals surface area contributed by atoms with Gasteiger partial charge in [0.25, 0.3) is 11.7 Å². The fourth-order valence-electron chi connectivity index (χ4n) is 7.87. The van der Waals surface area contributed by atoms with E-state index in [0.717, 1.165) is 0 Å². The summed E-state index contributed by atoms with van der Waals surface area (Å²) in [7, 11) is 1.45. The maximum atomic E-state index is 14.5. The van der Waals surface area contributed by atoms with Crippen LogP contribution in [0.1, 0.15) is 64.4 Å². The number of benzene rings is 3. The summed E-state index contributed by atoms with van der Waals surface area (Å²) in [4.78, 5) is 62.8. The molecule has 2 aliphatic rings. The third-order valence-corrected chi connectivity index (χ3v) is 11.4. The van der Waals surface area contributed by atoms with Gasteiger partial charge in [0.2, 0.25) is 0 Å². The molecule has 2 aliphatic heterocycles. The van der Waals surface area contributed by atoms with Crippen molar-refractivity contribution in [3.63, 3.8) is 0 Å². The van der Waals surface area contributed by atoms with Crippen LogP contribution in [-0.2, 0) is 23.8 Å². The van der Waals surface area contributed by atoms with Crippen LogP contribution in [0, 0.1) is 30.6 Å². The first-order valence-corrected chi connectivity index (χ1v) is 18.9. The molecule has 9 atom stereocenters. The van der Waals surface area contributed by atoms with Gasteiger partial charge in [0.1, 0.15) is 17.5 Å². The summed E-state index contributed by atoms with van der Waals surface area (Å²) in [5.74, 6) is -6.89. The van der Waals surface area contributed by atoms with Gasteiger partial charge in [-0.3, -0.25) is 19.2 Å². The van der Waals surface area contributed by atoms with E-state index in [4.69, 9.17) is 23.9 Å². The number of ether oxygens (including phenoxy) is 4. The van der Waals surface area contributed by atoms with Gasteiger partial charge in [-0.25, -0.2) is 4.98 Å². The minimum atomic E-state index is -1.99. The fourth-order valence-corrected chi connectivity index (χ4v) is 7.87. The Bertz CT molecular complexity index is 2430. The molecule has 1 aromatic heterocycles. The second kappa shape index (κ2) is 15.8. The second-order valence-corrected chi connectivity index (χ2v) is 15.3. The largest absolute Gasteiger partial charge is 0.505 e. The number of aromatic amines is 1. The summed E-state index contributed by atoms with van der Waals surface area (Å²) in [5.41, 5.74) is 0.736. The summed E-state index contributed by atoms with van der Waals surface area (Å²) < 4.78 is 23.7. The molecule has 0 radical (unpaired) electrons. The molecule has 4 bridgehead atoms. The number of amides is 1. The number of phenolic OH excluding ortho intramolecular Hbond substituents is 1. The number of aliphatic hydroxyl groups excluding tert-OH is 2. The number of methoxy groups -OCH3 is 1. The summed E-state index contributed by atoms with van der Waals surface area (Å²) in [6.07, 6.45) is 3.76. The number of allylic oxidation sites excluding steroid dienone is 2. The number of hydrogen-bond donors (Lipinski definition) is 5. The molecule has 14 nitrogen and oxygen atoms in total. The number of phenols is 1. The lowest BCUT2D eigenvalue weighted by atomic mass is 9.78. The number of aromatic hydroxyl groups is 1. The Balaban J connectivity index is 1.58. The first-order valence-electron chi connectivity index (χ1n) is 18.9. The minimum absolute atomic E-state index is 0.0148. The molecule has 0 unspecified atom stereocenters. The number of anilines is 1. The number of H-pyrrole nitrogens is 1. The van der Waals surface area contributed by atoms with Crippen molar-refractivity contribution in [2.75, 3.05) is 12.4 Å². The topological polar surface area (TPSA) is 207 Å². The Morgan fingerprint density at radius 2 is 1.67 bits per heavy atom. The molecule has 3 heterocycles. The summed E-state index contributed by atoms with van der Waals surface area (Å²) in [6.45, 7) is 12.6. The molecule has 1 amide bonds. The maximum absolute atomic E-state index is 14.5. The van der Waals surface area contributed by atoms with Gasteiger partial charge in [0.05, 0.1) is 57.6 Å². The van der Waals surface area contributed by atoms with Crippen LogP contribution in [0.3, 0.4) is 0 Å². The number of hydrogen-bond acceptors (Lipinski definition) is 12. The molecular formula is C43H49N3O11. The van der Waals surface area contributed by atoms with Crippen LogP contribution in [0.5, 0.6) is 11.5 Å². The van der Waals surface area contributed by atoms with Crippen molar-refractivity contribution in [1.82, 2.24) is 9.97 Å². The molecule has 57 heavy (non-hydrogen) atoms.